The van der Waals surface area contributed by atoms with Crippen LogP contribution in [0.2, 0.25) is 0 Å². The number of likely N-dealkylation sites (tertiary alicyclic amines) is 1. The van der Waals surface area contributed by atoms with E-state index in [9.17, 15) is 18.3 Å². The Hall–Kier alpha value is -1.53. The second kappa shape index (κ2) is 13.9. The van der Waals surface area contributed by atoms with Crippen LogP contribution in [-0.4, -0.2) is 67.4 Å². The van der Waals surface area contributed by atoms with Gasteiger partial charge >= 0.3 is 6.18 Å². The molecule has 1 fully saturated rings. The lowest BCUT2D eigenvalue weighted by Gasteiger charge is -2.33. The van der Waals surface area contributed by atoms with Crippen molar-refractivity contribution in [3.05, 3.63) is 42.0 Å². The molecule has 1 aromatic rings. The molecule has 1 heterocycles. The van der Waals surface area contributed by atoms with Gasteiger partial charge < -0.3 is 20.5 Å². The third kappa shape index (κ3) is 10.4. The summed E-state index contributed by atoms with van der Waals surface area (Å²) in [6, 6.07) is 4.69. The first-order valence-corrected chi connectivity index (χ1v) is 10.6. The van der Waals surface area contributed by atoms with Gasteiger partial charge in [-0.2, -0.15) is 13.2 Å². The quantitative estimate of drug-likeness (QED) is 0.183. The number of nitrogens with one attached hydrogen (secondary N) is 2. The number of alkyl halides is 3. The molecule has 1 aliphatic heterocycles. The maximum absolute atomic E-state index is 12.6. The summed E-state index contributed by atoms with van der Waals surface area (Å²) in [7, 11) is 0. The van der Waals surface area contributed by atoms with Gasteiger partial charge in [-0.15, -0.1) is 24.0 Å². The first-order valence-electron chi connectivity index (χ1n) is 10.6. The molecule has 1 saturated heterocycles. The van der Waals surface area contributed by atoms with E-state index in [0.29, 0.717) is 18.5 Å². The summed E-state index contributed by atoms with van der Waals surface area (Å²) in [5, 5.41) is 16.7. The fourth-order valence-electron chi connectivity index (χ4n) is 3.31. The number of nitrogens with zero attached hydrogens (tertiary/aromatic N) is 2. The van der Waals surface area contributed by atoms with Crippen molar-refractivity contribution in [1.29, 1.82) is 0 Å². The number of hydrogen-bond acceptors (Lipinski definition) is 4. The predicted molar refractivity (Wildman–Crippen MR) is 132 cm³/mol. The molecule has 0 saturated carbocycles. The van der Waals surface area contributed by atoms with Crippen molar-refractivity contribution in [2.45, 2.75) is 45.0 Å². The maximum Gasteiger partial charge on any atom is 0.416 e. The molecule has 6 nitrogen and oxygen atoms in total. The molecule has 182 valence electrons. The smallest absolute Gasteiger partial charge is 0.416 e. The molecule has 0 spiro atoms. The first kappa shape index (κ1) is 28.5. The number of guanidine groups is 1. The summed E-state index contributed by atoms with van der Waals surface area (Å²) in [5.41, 5.74) is 0.422. The molecule has 0 bridgehead atoms. The molecule has 2 rings (SSSR count). The zero-order chi connectivity index (χ0) is 22.9. The fraction of sp³-hybridized carbons (Fsp3) is 0.591. The Morgan fingerprint density at radius 1 is 1.28 bits per heavy atom. The monoisotopic (exact) mass is 570 g/mol. The number of ether oxygens (including phenoxy) is 1. The molecule has 0 aromatic heterocycles. The predicted octanol–water partition coefficient (Wildman–Crippen LogP) is 3.66. The molecule has 1 atom stereocenters. The van der Waals surface area contributed by atoms with Crippen LogP contribution in [0.25, 0.3) is 0 Å². The minimum absolute atomic E-state index is 0. The average molecular weight is 570 g/mol. The lowest BCUT2D eigenvalue weighted by Crippen LogP contribution is -2.49. The van der Waals surface area contributed by atoms with Crippen LogP contribution < -0.4 is 15.4 Å². The normalized spacial score (nSPS) is 16.8. The zero-order valence-electron chi connectivity index (χ0n) is 18.6. The average Bonchev–Trinajstić information content (AvgIpc) is 2.71. The number of hydrogen-bond donors (Lipinski definition) is 3. The van der Waals surface area contributed by atoms with Crippen molar-refractivity contribution in [3.8, 4) is 5.75 Å². The summed E-state index contributed by atoms with van der Waals surface area (Å²) in [6.07, 6.45) is -3.27. The van der Waals surface area contributed by atoms with Crippen LogP contribution in [0.4, 0.5) is 13.2 Å². The lowest BCUT2D eigenvalue weighted by atomic mass is 10.0. The second-order valence-corrected chi connectivity index (χ2v) is 7.86. The van der Waals surface area contributed by atoms with E-state index in [1.165, 1.54) is 12.1 Å². The Balaban J connectivity index is 0.00000512. The van der Waals surface area contributed by atoms with Gasteiger partial charge in [0.25, 0.3) is 0 Å². The minimum atomic E-state index is -4.39. The van der Waals surface area contributed by atoms with Crippen molar-refractivity contribution >= 4 is 29.9 Å². The van der Waals surface area contributed by atoms with Crippen molar-refractivity contribution in [2.75, 3.05) is 39.3 Å². The standard InChI is InChI=1S/C22H33F3N4O2.HI/c1-4-26-21(28-18-9-11-29(12-10-18)14-16(2)3)27-13-19(30)15-31-20-7-5-17(6-8-20)22(23,24)25;/h5-8,18-19,30H,2,4,9-15H2,1,3H3,(H2,26,27,28);1H. The number of aliphatic imine (C=N–C) groups is 1. The summed E-state index contributed by atoms with van der Waals surface area (Å²) >= 11 is 0. The molecule has 1 aromatic carbocycles. The molecule has 1 unspecified atom stereocenters. The highest BCUT2D eigenvalue weighted by molar-refractivity contribution is 14.0. The number of aliphatic hydroxyl groups is 1. The van der Waals surface area contributed by atoms with E-state index in [-0.39, 0.29) is 42.9 Å². The third-order valence-corrected chi connectivity index (χ3v) is 4.85. The van der Waals surface area contributed by atoms with E-state index in [0.717, 1.165) is 50.2 Å². The van der Waals surface area contributed by atoms with E-state index in [1.807, 2.05) is 13.8 Å². The SMILES string of the molecule is C=C(C)CN1CCC(NC(=NCC(O)COc2ccc(C(F)(F)F)cc2)NCC)CC1.I. The Labute approximate surface area is 205 Å². The molecule has 32 heavy (non-hydrogen) atoms. The Morgan fingerprint density at radius 2 is 1.91 bits per heavy atom. The number of piperidine rings is 1. The van der Waals surface area contributed by atoms with Crippen molar-refractivity contribution < 1.29 is 23.0 Å². The summed E-state index contributed by atoms with van der Waals surface area (Å²) in [5.74, 6) is 0.900. The third-order valence-electron chi connectivity index (χ3n) is 4.85. The van der Waals surface area contributed by atoms with E-state index in [1.54, 1.807) is 0 Å². The van der Waals surface area contributed by atoms with E-state index in [2.05, 4.69) is 27.1 Å². The fourth-order valence-corrected chi connectivity index (χ4v) is 3.31. The topological polar surface area (TPSA) is 69.1 Å². The van der Waals surface area contributed by atoms with Crippen LogP contribution in [0.3, 0.4) is 0 Å². The Bertz CT molecular complexity index is 721. The summed E-state index contributed by atoms with van der Waals surface area (Å²) in [4.78, 5) is 6.80. The van der Waals surface area contributed by atoms with Gasteiger partial charge in [0.05, 0.1) is 12.1 Å². The molecule has 0 aliphatic carbocycles. The van der Waals surface area contributed by atoms with Crippen LogP contribution in [0, 0.1) is 0 Å². The highest BCUT2D eigenvalue weighted by atomic mass is 127. The van der Waals surface area contributed by atoms with Gasteiger partial charge in [-0.1, -0.05) is 12.2 Å². The van der Waals surface area contributed by atoms with Crippen molar-refractivity contribution in [1.82, 2.24) is 15.5 Å². The first-order chi connectivity index (χ1) is 14.7. The molecule has 10 heteroatoms. The van der Waals surface area contributed by atoms with Crippen LogP contribution in [0.1, 0.15) is 32.3 Å². The maximum atomic E-state index is 12.6. The van der Waals surface area contributed by atoms with Gasteiger partial charge in [0.15, 0.2) is 5.96 Å². The zero-order valence-corrected chi connectivity index (χ0v) is 21.0. The van der Waals surface area contributed by atoms with E-state index in [4.69, 9.17) is 4.74 Å². The molecule has 0 radical (unpaired) electrons. The Morgan fingerprint density at radius 3 is 2.44 bits per heavy atom. The van der Waals surface area contributed by atoms with Crippen LogP contribution in [0.15, 0.2) is 41.4 Å². The minimum Gasteiger partial charge on any atom is -0.491 e. The van der Waals surface area contributed by atoms with Crippen LogP contribution in [-0.2, 0) is 6.18 Å². The van der Waals surface area contributed by atoms with Crippen LogP contribution in [0.5, 0.6) is 5.75 Å². The van der Waals surface area contributed by atoms with Crippen molar-refractivity contribution in [2.24, 2.45) is 4.99 Å². The van der Waals surface area contributed by atoms with Gasteiger partial charge in [0.1, 0.15) is 18.5 Å². The lowest BCUT2D eigenvalue weighted by molar-refractivity contribution is -0.137. The van der Waals surface area contributed by atoms with Gasteiger partial charge in [-0.3, -0.25) is 9.89 Å². The number of halogens is 4. The summed E-state index contributed by atoms with van der Waals surface area (Å²) in [6.45, 7) is 11.6. The number of rotatable bonds is 9. The van der Waals surface area contributed by atoms with Gasteiger partial charge in [0, 0.05) is 32.2 Å². The highest BCUT2D eigenvalue weighted by Gasteiger charge is 2.30. The second-order valence-electron chi connectivity index (χ2n) is 7.86. The van der Waals surface area contributed by atoms with E-state index < -0.39 is 17.8 Å². The van der Waals surface area contributed by atoms with Crippen LogP contribution >= 0.6 is 24.0 Å². The van der Waals surface area contributed by atoms with Gasteiger partial charge in [-0.25, -0.2) is 0 Å². The van der Waals surface area contributed by atoms with Crippen molar-refractivity contribution in [3.63, 3.8) is 0 Å². The van der Waals surface area contributed by atoms with Gasteiger partial charge in [-0.05, 0) is 51.0 Å². The number of benzene rings is 1. The number of aliphatic hydroxyl groups excluding tert-OH is 1. The molecule has 0 amide bonds. The van der Waals surface area contributed by atoms with E-state index >= 15 is 0 Å². The molecular formula is C22H34F3IN4O2. The Kier molecular flexibility index (Phi) is 12.4. The summed E-state index contributed by atoms with van der Waals surface area (Å²) < 4.78 is 43.2. The molecule has 3 N–H and O–H groups in total. The highest BCUT2D eigenvalue weighted by Crippen LogP contribution is 2.30. The van der Waals surface area contributed by atoms with Gasteiger partial charge in [0.2, 0.25) is 0 Å². The molecular weight excluding hydrogens is 536 g/mol. The molecule has 1 aliphatic rings. The largest absolute Gasteiger partial charge is 0.491 e.